The van der Waals surface area contributed by atoms with Crippen molar-refractivity contribution in [2.45, 2.75) is 71.3 Å². The summed E-state index contributed by atoms with van der Waals surface area (Å²) in [6.45, 7) is 9.04. The second-order valence-corrected chi connectivity index (χ2v) is 6.71. The standard InChI is InChI=1S/C19H31NO/c1-6-12(3)16-10-15(18(20)14-8-9-14)11-17(13(4)7-2)19(16)21-5/h10-14,18H,6-9,20H2,1-5H3. The number of rotatable bonds is 7. The molecule has 2 nitrogen and oxygen atoms in total. The Kier molecular flexibility index (Phi) is 5.32. The Morgan fingerprint density at radius 2 is 1.57 bits per heavy atom. The zero-order chi connectivity index (χ0) is 15.6. The van der Waals surface area contributed by atoms with E-state index < -0.39 is 0 Å². The van der Waals surface area contributed by atoms with E-state index in [2.05, 4.69) is 39.8 Å². The average Bonchev–Trinajstić information content (AvgIpc) is 3.35. The van der Waals surface area contributed by atoms with Gasteiger partial charge < -0.3 is 10.5 Å². The molecule has 0 bridgehead atoms. The first-order chi connectivity index (χ1) is 10.0. The van der Waals surface area contributed by atoms with Gasteiger partial charge >= 0.3 is 0 Å². The predicted octanol–water partition coefficient (Wildman–Crippen LogP) is 5.13. The van der Waals surface area contributed by atoms with Crippen molar-refractivity contribution >= 4 is 0 Å². The molecule has 3 atom stereocenters. The van der Waals surface area contributed by atoms with Gasteiger partial charge in [0.05, 0.1) is 7.11 Å². The molecule has 3 unspecified atom stereocenters. The van der Waals surface area contributed by atoms with E-state index in [1.165, 1.54) is 29.5 Å². The molecule has 0 saturated heterocycles. The number of benzene rings is 1. The molecule has 2 rings (SSSR count). The highest BCUT2D eigenvalue weighted by Gasteiger charge is 2.31. The highest BCUT2D eigenvalue weighted by Crippen LogP contribution is 2.44. The van der Waals surface area contributed by atoms with Gasteiger partial charge in [-0.1, -0.05) is 39.8 Å². The summed E-state index contributed by atoms with van der Waals surface area (Å²) >= 11 is 0. The Balaban J connectivity index is 2.52. The normalized spacial score (nSPS) is 19.1. The maximum absolute atomic E-state index is 6.47. The Hall–Kier alpha value is -1.02. The zero-order valence-electron chi connectivity index (χ0n) is 14.3. The van der Waals surface area contributed by atoms with Gasteiger partial charge in [-0.3, -0.25) is 0 Å². The Labute approximate surface area is 130 Å². The topological polar surface area (TPSA) is 35.2 Å². The van der Waals surface area contributed by atoms with Crippen LogP contribution in [0.2, 0.25) is 0 Å². The second-order valence-electron chi connectivity index (χ2n) is 6.71. The summed E-state index contributed by atoms with van der Waals surface area (Å²) in [5.41, 5.74) is 10.5. The first-order valence-electron chi connectivity index (χ1n) is 8.50. The van der Waals surface area contributed by atoms with E-state index in [1.54, 1.807) is 7.11 Å². The van der Waals surface area contributed by atoms with E-state index in [9.17, 15) is 0 Å². The smallest absolute Gasteiger partial charge is 0.125 e. The van der Waals surface area contributed by atoms with Crippen LogP contribution in [-0.2, 0) is 0 Å². The van der Waals surface area contributed by atoms with Gasteiger partial charge in [-0.05, 0) is 60.1 Å². The highest BCUT2D eigenvalue weighted by atomic mass is 16.5. The molecule has 0 aliphatic heterocycles. The molecule has 118 valence electrons. The summed E-state index contributed by atoms with van der Waals surface area (Å²) in [6.07, 6.45) is 4.81. The fraction of sp³-hybridized carbons (Fsp3) is 0.684. The number of hydrogen-bond donors (Lipinski definition) is 1. The molecule has 0 amide bonds. The van der Waals surface area contributed by atoms with Crippen molar-refractivity contribution in [2.75, 3.05) is 7.11 Å². The van der Waals surface area contributed by atoms with Crippen LogP contribution in [0, 0.1) is 5.92 Å². The number of nitrogens with two attached hydrogens (primary N) is 1. The summed E-state index contributed by atoms with van der Waals surface area (Å²) in [4.78, 5) is 0. The minimum atomic E-state index is 0.196. The van der Waals surface area contributed by atoms with Gasteiger partial charge in [-0.15, -0.1) is 0 Å². The van der Waals surface area contributed by atoms with Crippen molar-refractivity contribution in [3.63, 3.8) is 0 Å². The van der Waals surface area contributed by atoms with Gasteiger partial charge in [0.15, 0.2) is 0 Å². The summed E-state index contributed by atoms with van der Waals surface area (Å²) < 4.78 is 5.79. The van der Waals surface area contributed by atoms with E-state index in [1.807, 2.05) is 0 Å². The number of ether oxygens (including phenoxy) is 1. The molecular formula is C19H31NO. The molecule has 0 heterocycles. The van der Waals surface area contributed by atoms with Crippen LogP contribution in [-0.4, -0.2) is 7.11 Å². The van der Waals surface area contributed by atoms with Gasteiger partial charge in [0.1, 0.15) is 5.75 Å². The van der Waals surface area contributed by atoms with Crippen molar-refractivity contribution in [2.24, 2.45) is 11.7 Å². The summed E-state index contributed by atoms with van der Waals surface area (Å²) in [5.74, 6) is 2.79. The van der Waals surface area contributed by atoms with Crippen molar-refractivity contribution in [1.82, 2.24) is 0 Å². The van der Waals surface area contributed by atoms with Crippen LogP contribution in [0.15, 0.2) is 12.1 Å². The summed E-state index contributed by atoms with van der Waals surface area (Å²) in [7, 11) is 1.80. The van der Waals surface area contributed by atoms with Crippen LogP contribution in [0.4, 0.5) is 0 Å². The third kappa shape index (κ3) is 3.42. The van der Waals surface area contributed by atoms with E-state index in [4.69, 9.17) is 10.5 Å². The minimum absolute atomic E-state index is 0.196. The van der Waals surface area contributed by atoms with Crippen LogP contribution in [0.3, 0.4) is 0 Å². The lowest BCUT2D eigenvalue weighted by molar-refractivity contribution is 0.396. The molecule has 1 aliphatic carbocycles. The fourth-order valence-electron chi connectivity index (χ4n) is 3.03. The van der Waals surface area contributed by atoms with Crippen LogP contribution < -0.4 is 10.5 Å². The Morgan fingerprint density at radius 3 is 1.90 bits per heavy atom. The van der Waals surface area contributed by atoms with Gasteiger partial charge in [0.25, 0.3) is 0 Å². The van der Waals surface area contributed by atoms with Crippen LogP contribution in [0.5, 0.6) is 5.75 Å². The quantitative estimate of drug-likeness (QED) is 0.755. The van der Waals surface area contributed by atoms with Gasteiger partial charge in [-0.2, -0.15) is 0 Å². The maximum Gasteiger partial charge on any atom is 0.125 e. The minimum Gasteiger partial charge on any atom is -0.496 e. The monoisotopic (exact) mass is 289 g/mol. The average molecular weight is 289 g/mol. The first-order valence-corrected chi connectivity index (χ1v) is 8.50. The van der Waals surface area contributed by atoms with E-state index >= 15 is 0 Å². The van der Waals surface area contributed by atoms with Crippen molar-refractivity contribution in [3.8, 4) is 5.75 Å². The maximum atomic E-state index is 6.47. The van der Waals surface area contributed by atoms with E-state index in [0.29, 0.717) is 17.8 Å². The summed E-state index contributed by atoms with van der Waals surface area (Å²) in [5, 5.41) is 0. The highest BCUT2D eigenvalue weighted by molar-refractivity contribution is 5.49. The third-order valence-corrected chi connectivity index (χ3v) is 5.17. The van der Waals surface area contributed by atoms with Crippen LogP contribution in [0.25, 0.3) is 0 Å². The molecular weight excluding hydrogens is 258 g/mol. The lowest BCUT2D eigenvalue weighted by atomic mass is 9.86. The van der Waals surface area contributed by atoms with Crippen LogP contribution >= 0.6 is 0 Å². The Bertz CT molecular complexity index is 447. The number of methoxy groups -OCH3 is 1. The molecule has 1 aliphatic rings. The third-order valence-electron chi connectivity index (χ3n) is 5.17. The fourth-order valence-corrected chi connectivity index (χ4v) is 3.03. The number of hydrogen-bond acceptors (Lipinski definition) is 2. The van der Waals surface area contributed by atoms with E-state index in [0.717, 1.165) is 18.6 Å². The zero-order valence-corrected chi connectivity index (χ0v) is 14.3. The molecule has 1 aromatic carbocycles. The molecule has 1 saturated carbocycles. The van der Waals surface area contributed by atoms with E-state index in [-0.39, 0.29) is 6.04 Å². The molecule has 2 N–H and O–H groups in total. The van der Waals surface area contributed by atoms with Gasteiger partial charge in [0, 0.05) is 6.04 Å². The lowest BCUT2D eigenvalue weighted by Crippen LogP contribution is -2.15. The molecule has 0 radical (unpaired) electrons. The molecule has 2 heteroatoms. The first kappa shape index (κ1) is 16.4. The van der Waals surface area contributed by atoms with Crippen molar-refractivity contribution in [3.05, 3.63) is 28.8 Å². The van der Waals surface area contributed by atoms with Crippen molar-refractivity contribution < 1.29 is 4.74 Å². The van der Waals surface area contributed by atoms with Crippen LogP contribution in [0.1, 0.15) is 87.9 Å². The SMILES string of the molecule is CCC(C)c1cc(C(N)C2CC2)cc(C(C)CC)c1OC. The lowest BCUT2D eigenvalue weighted by Gasteiger charge is -2.24. The molecule has 0 spiro atoms. The molecule has 0 aromatic heterocycles. The van der Waals surface area contributed by atoms with Crippen molar-refractivity contribution in [1.29, 1.82) is 0 Å². The second kappa shape index (κ2) is 6.83. The molecule has 1 fully saturated rings. The van der Waals surface area contributed by atoms with Gasteiger partial charge in [-0.25, -0.2) is 0 Å². The predicted molar refractivity (Wildman–Crippen MR) is 90.1 cm³/mol. The largest absolute Gasteiger partial charge is 0.496 e. The van der Waals surface area contributed by atoms with Gasteiger partial charge in [0.2, 0.25) is 0 Å². The molecule has 1 aromatic rings. The molecule has 21 heavy (non-hydrogen) atoms. The summed E-state index contributed by atoms with van der Waals surface area (Å²) in [6, 6.07) is 4.81. The Morgan fingerprint density at radius 1 is 1.10 bits per heavy atom.